The standard InChI is InChI=1S/C15H28O4/c1-13(2,3)12-5-7-15(18-9-10-19-15)14(17,11-12)6-4-8-16/h12,16-17H,4-11H2,1-3H3/t12-,14+/m0/s1. The van der Waals surface area contributed by atoms with Crippen molar-refractivity contribution in [2.45, 2.75) is 64.3 Å². The highest BCUT2D eigenvalue weighted by Gasteiger charge is 2.58. The first-order valence-electron chi connectivity index (χ1n) is 7.44. The number of hydrogen-bond donors (Lipinski definition) is 2. The smallest absolute Gasteiger partial charge is 0.197 e. The van der Waals surface area contributed by atoms with Gasteiger partial charge in [-0.05, 0) is 37.0 Å². The quantitative estimate of drug-likeness (QED) is 0.826. The van der Waals surface area contributed by atoms with E-state index in [2.05, 4.69) is 20.8 Å². The van der Waals surface area contributed by atoms with Crippen LogP contribution in [0.15, 0.2) is 0 Å². The van der Waals surface area contributed by atoms with Gasteiger partial charge in [-0.25, -0.2) is 0 Å². The molecule has 19 heavy (non-hydrogen) atoms. The molecule has 1 saturated heterocycles. The Morgan fingerprint density at radius 1 is 1.21 bits per heavy atom. The molecule has 1 spiro atoms. The lowest BCUT2D eigenvalue weighted by Crippen LogP contribution is -2.60. The highest BCUT2D eigenvalue weighted by Crippen LogP contribution is 2.51. The van der Waals surface area contributed by atoms with E-state index in [9.17, 15) is 5.11 Å². The summed E-state index contributed by atoms with van der Waals surface area (Å²) >= 11 is 0. The molecule has 2 N–H and O–H groups in total. The monoisotopic (exact) mass is 272 g/mol. The van der Waals surface area contributed by atoms with Crippen molar-refractivity contribution in [2.75, 3.05) is 19.8 Å². The maximum atomic E-state index is 11.1. The Balaban J connectivity index is 2.18. The first-order valence-corrected chi connectivity index (χ1v) is 7.44. The fourth-order valence-electron chi connectivity index (χ4n) is 3.53. The molecular formula is C15H28O4. The molecule has 1 heterocycles. The fourth-order valence-corrected chi connectivity index (χ4v) is 3.53. The van der Waals surface area contributed by atoms with Gasteiger partial charge in [-0.1, -0.05) is 20.8 Å². The third-order valence-corrected chi connectivity index (χ3v) is 4.84. The van der Waals surface area contributed by atoms with Crippen LogP contribution in [0.25, 0.3) is 0 Å². The molecular weight excluding hydrogens is 244 g/mol. The number of aliphatic hydroxyl groups excluding tert-OH is 1. The second-order valence-electron chi connectivity index (χ2n) is 7.11. The fraction of sp³-hybridized carbons (Fsp3) is 1.00. The predicted molar refractivity (Wildman–Crippen MR) is 72.7 cm³/mol. The van der Waals surface area contributed by atoms with E-state index in [1.54, 1.807) is 0 Å². The molecule has 0 aromatic rings. The van der Waals surface area contributed by atoms with Crippen molar-refractivity contribution in [2.24, 2.45) is 11.3 Å². The number of hydrogen-bond acceptors (Lipinski definition) is 4. The molecule has 0 unspecified atom stereocenters. The summed E-state index contributed by atoms with van der Waals surface area (Å²) in [6.45, 7) is 7.87. The Kier molecular flexibility index (Phi) is 4.26. The van der Waals surface area contributed by atoms with Crippen molar-refractivity contribution in [3.05, 3.63) is 0 Å². The second-order valence-corrected chi connectivity index (χ2v) is 7.11. The molecule has 2 rings (SSSR count). The molecule has 1 saturated carbocycles. The van der Waals surface area contributed by atoms with E-state index in [0.29, 0.717) is 38.4 Å². The Bertz CT molecular complexity index is 304. The van der Waals surface area contributed by atoms with Gasteiger partial charge in [-0.2, -0.15) is 0 Å². The van der Waals surface area contributed by atoms with E-state index in [0.717, 1.165) is 12.8 Å². The lowest BCUT2D eigenvalue weighted by molar-refractivity contribution is -0.298. The summed E-state index contributed by atoms with van der Waals surface area (Å²) in [6.07, 6.45) is 3.58. The largest absolute Gasteiger partial charge is 0.396 e. The van der Waals surface area contributed by atoms with Gasteiger partial charge in [0.2, 0.25) is 0 Å². The van der Waals surface area contributed by atoms with Crippen LogP contribution in [0.1, 0.15) is 52.9 Å². The summed E-state index contributed by atoms with van der Waals surface area (Å²) in [7, 11) is 0. The average Bonchev–Trinajstić information content (AvgIpc) is 2.79. The van der Waals surface area contributed by atoms with Crippen LogP contribution in [0.3, 0.4) is 0 Å². The average molecular weight is 272 g/mol. The van der Waals surface area contributed by atoms with Gasteiger partial charge in [0.1, 0.15) is 5.60 Å². The molecule has 1 aliphatic carbocycles. The summed E-state index contributed by atoms with van der Waals surface area (Å²) in [5.74, 6) is -0.376. The maximum Gasteiger partial charge on any atom is 0.197 e. The van der Waals surface area contributed by atoms with Gasteiger partial charge in [0.15, 0.2) is 5.79 Å². The lowest BCUT2D eigenvalue weighted by atomic mass is 9.64. The maximum absolute atomic E-state index is 11.1. The van der Waals surface area contributed by atoms with Crippen LogP contribution in [0.2, 0.25) is 0 Å². The van der Waals surface area contributed by atoms with Gasteiger partial charge >= 0.3 is 0 Å². The van der Waals surface area contributed by atoms with Crippen LogP contribution >= 0.6 is 0 Å². The second kappa shape index (κ2) is 5.32. The predicted octanol–water partition coefficient (Wildman–Crippen LogP) is 2.08. The molecule has 2 aliphatic rings. The van der Waals surface area contributed by atoms with Crippen molar-refractivity contribution in [3.8, 4) is 0 Å². The van der Waals surface area contributed by atoms with Crippen LogP contribution in [0.5, 0.6) is 0 Å². The van der Waals surface area contributed by atoms with Crippen LogP contribution in [-0.2, 0) is 9.47 Å². The first kappa shape index (κ1) is 15.2. The zero-order valence-corrected chi connectivity index (χ0v) is 12.4. The summed E-state index contributed by atoms with van der Waals surface area (Å²) in [5.41, 5.74) is -0.796. The minimum atomic E-state index is -0.970. The molecule has 1 aliphatic heterocycles. The Morgan fingerprint density at radius 3 is 2.37 bits per heavy atom. The summed E-state index contributed by atoms with van der Waals surface area (Å²) in [5, 5.41) is 20.2. The van der Waals surface area contributed by atoms with Crippen molar-refractivity contribution < 1.29 is 19.7 Å². The Labute approximate surface area is 116 Å². The normalized spacial score (nSPS) is 34.9. The lowest BCUT2D eigenvalue weighted by Gasteiger charge is -2.51. The van der Waals surface area contributed by atoms with Gasteiger partial charge in [0.05, 0.1) is 13.2 Å². The van der Waals surface area contributed by atoms with Gasteiger partial charge in [0.25, 0.3) is 0 Å². The van der Waals surface area contributed by atoms with Crippen LogP contribution in [0, 0.1) is 11.3 Å². The van der Waals surface area contributed by atoms with E-state index in [4.69, 9.17) is 14.6 Å². The molecule has 112 valence electrons. The van der Waals surface area contributed by atoms with Gasteiger partial charge in [-0.15, -0.1) is 0 Å². The van der Waals surface area contributed by atoms with E-state index >= 15 is 0 Å². The molecule has 0 aromatic carbocycles. The number of ether oxygens (including phenoxy) is 2. The van der Waals surface area contributed by atoms with E-state index in [-0.39, 0.29) is 12.0 Å². The Morgan fingerprint density at radius 2 is 1.84 bits per heavy atom. The molecule has 0 radical (unpaired) electrons. The SMILES string of the molecule is CC(C)(C)[C@H]1CCC2(OCCO2)[C@@](O)(CCCO)C1. The molecule has 4 nitrogen and oxygen atoms in total. The topological polar surface area (TPSA) is 58.9 Å². The zero-order valence-electron chi connectivity index (χ0n) is 12.4. The molecule has 0 amide bonds. The molecule has 0 aromatic heterocycles. The summed E-state index contributed by atoms with van der Waals surface area (Å²) in [4.78, 5) is 0. The molecule has 2 fully saturated rings. The van der Waals surface area contributed by atoms with E-state index < -0.39 is 11.4 Å². The van der Waals surface area contributed by atoms with Crippen molar-refractivity contribution in [1.82, 2.24) is 0 Å². The van der Waals surface area contributed by atoms with E-state index in [1.807, 2.05) is 0 Å². The zero-order chi connectivity index (χ0) is 14.1. The summed E-state index contributed by atoms with van der Waals surface area (Å²) < 4.78 is 11.6. The van der Waals surface area contributed by atoms with Gasteiger partial charge in [0, 0.05) is 13.0 Å². The minimum Gasteiger partial charge on any atom is -0.396 e. The van der Waals surface area contributed by atoms with Crippen molar-refractivity contribution in [1.29, 1.82) is 0 Å². The molecule has 2 atom stereocenters. The number of rotatable bonds is 3. The summed E-state index contributed by atoms with van der Waals surface area (Å²) in [6, 6.07) is 0. The van der Waals surface area contributed by atoms with E-state index in [1.165, 1.54) is 0 Å². The highest BCUT2D eigenvalue weighted by molar-refractivity contribution is 5.03. The first-order chi connectivity index (χ1) is 8.83. The highest BCUT2D eigenvalue weighted by atomic mass is 16.7. The Hall–Kier alpha value is -0.160. The third kappa shape index (κ3) is 2.82. The molecule has 4 heteroatoms. The van der Waals surface area contributed by atoms with Crippen LogP contribution in [-0.4, -0.2) is 41.4 Å². The third-order valence-electron chi connectivity index (χ3n) is 4.84. The minimum absolute atomic E-state index is 0.0958. The van der Waals surface area contributed by atoms with Crippen LogP contribution in [0.4, 0.5) is 0 Å². The van der Waals surface area contributed by atoms with Gasteiger partial charge in [-0.3, -0.25) is 0 Å². The van der Waals surface area contributed by atoms with Gasteiger partial charge < -0.3 is 19.7 Å². The number of aliphatic hydroxyl groups is 2. The van der Waals surface area contributed by atoms with Crippen LogP contribution < -0.4 is 0 Å². The molecule has 0 bridgehead atoms. The van der Waals surface area contributed by atoms with Crippen molar-refractivity contribution in [3.63, 3.8) is 0 Å². The van der Waals surface area contributed by atoms with Crippen molar-refractivity contribution >= 4 is 0 Å².